The normalized spacial score (nSPS) is 11.8. The molecule has 0 radical (unpaired) electrons. The number of benzene rings is 1. The number of nitrogens with zero attached hydrogens (tertiary/aromatic N) is 6. The molecule has 12 nitrogen and oxygen atoms in total. The molecule has 0 unspecified atom stereocenters. The Labute approximate surface area is 146 Å². The van der Waals surface area contributed by atoms with Crippen LogP contribution in [0.5, 0.6) is 0 Å². The predicted molar refractivity (Wildman–Crippen MR) is 88.0 cm³/mol. The van der Waals surface area contributed by atoms with Crippen molar-refractivity contribution in [3.05, 3.63) is 34.6 Å². The highest BCUT2D eigenvalue weighted by Crippen LogP contribution is 2.32. The van der Waals surface area contributed by atoms with Gasteiger partial charge >= 0.3 is 10.4 Å². The summed E-state index contributed by atoms with van der Waals surface area (Å²) in [5.41, 5.74) is 0.181. The molecule has 1 aromatic heterocycles. The summed E-state index contributed by atoms with van der Waals surface area (Å²) >= 11 is 0.992. The summed E-state index contributed by atoms with van der Waals surface area (Å²) in [6.45, 7) is -0.246. The number of anilines is 1. The van der Waals surface area contributed by atoms with Crippen molar-refractivity contribution < 1.29 is 22.1 Å². The highest BCUT2D eigenvalue weighted by molar-refractivity contribution is 7.80. The maximum atomic E-state index is 11.2. The second-order valence-corrected chi connectivity index (χ2v) is 6.37. The second kappa shape index (κ2) is 8.02. The zero-order valence-electron chi connectivity index (χ0n) is 12.7. The van der Waals surface area contributed by atoms with Crippen LogP contribution in [0.15, 0.2) is 34.8 Å². The van der Waals surface area contributed by atoms with Crippen molar-refractivity contribution in [2.24, 2.45) is 10.2 Å². The average Bonchev–Trinajstić information content (AvgIpc) is 3.04. The summed E-state index contributed by atoms with van der Waals surface area (Å²) < 4.78 is 37.5. The summed E-state index contributed by atoms with van der Waals surface area (Å²) in [5.74, 6) is 0. The Hall–Kier alpha value is -2.55. The fourth-order valence-electron chi connectivity index (χ4n) is 1.70. The molecule has 2 rings (SSSR count). The lowest BCUT2D eigenvalue weighted by Gasteiger charge is -2.18. The van der Waals surface area contributed by atoms with E-state index in [2.05, 4.69) is 23.8 Å². The monoisotopic (exact) mass is 388 g/mol. The lowest BCUT2D eigenvalue weighted by Crippen LogP contribution is -2.23. The highest BCUT2D eigenvalue weighted by atomic mass is 32.3. The number of aromatic nitrogens is 2. The van der Waals surface area contributed by atoms with Crippen LogP contribution in [0, 0.1) is 10.1 Å². The van der Waals surface area contributed by atoms with E-state index in [0.29, 0.717) is 5.69 Å². The Morgan fingerprint density at radius 3 is 2.80 bits per heavy atom. The Balaban J connectivity index is 2.16. The lowest BCUT2D eigenvalue weighted by atomic mass is 10.2. The number of nitro benzene ring substituents is 1. The molecule has 14 heteroatoms. The average molecular weight is 388 g/mol. The molecule has 0 fully saturated rings. The van der Waals surface area contributed by atoms with Gasteiger partial charge < -0.3 is 4.90 Å². The van der Waals surface area contributed by atoms with Crippen LogP contribution in [0.2, 0.25) is 0 Å². The summed E-state index contributed by atoms with van der Waals surface area (Å²) in [5, 5.41) is 19.1. The van der Waals surface area contributed by atoms with E-state index in [1.54, 1.807) is 13.1 Å². The van der Waals surface area contributed by atoms with Gasteiger partial charge in [0.1, 0.15) is 6.33 Å². The summed E-state index contributed by atoms with van der Waals surface area (Å²) in [4.78, 5) is 15.9. The van der Waals surface area contributed by atoms with Crippen LogP contribution in [-0.2, 0) is 14.6 Å². The zero-order chi connectivity index (χ0) is 18.4. The molecule has 0 aliphatic carbocycles. The van der Waals surface area contributed by atoms with Gasteiger partial charge in [0, 0.05) is 36.9 Å². The standard InChI is InChI=1S/C11H12N6O6S2/c1-16(4-5-23-25(20,21)22)8-2-3-9(10(6-8)17(18)19)14-15-11-12-7-13-24-11/h2-3,6-7H,4-5H2,1H3,(H,20,21,22). The summed E-state index contributed by atoms with van der Waals surface area (Å²) in [6, 6.07) is 4.22. The maximum absolute atomic E-state index is 11.2. The highest BCUT2D eigenvalue weighted by Gasteiger charge is 2.17. The largest absolute Gasteiger partial charge is 0.397 e. The van der Waals surface area contributed by atoms with Gasteiger partial charge in [-0.1, -0.05) is 0 Å². The van der Waals surface area contributed by atoms with E-state index >= 15 is 0 Å². The predicted octanol–water partition coefficient (Wildman–Crippen LogP) is 2.12. The number of rotatable bonds is 8. The molecule has 1 heterocycles. The van der Waals surface area contributed by atoms with E-state index in [1.807, 2.05) is 0 Å². The minimum atomic E-state index is -4.53. The first kappa shape index (κ1) is 18.8. The van der Waals surface area contributed by atoms with Crippen molar-refractivity contribution in [2.75, 3.05) is 25.1 Å². The SMILES string of the molecule is CN(CCOS(=O)(=O)O)c1ccc(N=Nc2ncns2)c([N+](=O)[O-])c1. The Bertz CT molecular complexity index is 869. The van der Waals surface area contributed by atoms with Crippen molar-refractivity contribution >= 4 is 44.1 Å². The van der Waals surface area contributed by atoms with Gasteiger partial charge in [0.15, 0.2) is 5.69 Å². The van der Waals surface area contributed by atoms with Crippen LogP contribution in [0.1, 0.15) is 0 Å². The van der Waals surface area contributed by atoms with E-state index in [4.69, 9.17) is 4.55 Å². The van der Waals surface area contributed by atoms with Crippen molar-refractivity contribution in [3.63, 3.8) is 0 Å². The fraction of sp³-hybridized carbons (Fsp3) is 0.273. The molecule has 0 bridgehead atoms. The van der Waals surface area contributed by atoms with Crippen molar-refractivity contribution in [3.8, 4) is 0 Å². The molecule has 2 aromatic rings. The van der Waals surface area contributed by atoms with E-state index in [0.717, 1.165) is 11.5 Å². The number of likely N-dealkylation sites (N-methyl/N-ethyl adjacent to an activating group) is 1. The Morgan fingerprint density at radius 2 is 2.20 bits per heavy atom. The van der Waals surface area contributed by atoms with Gasteiger partial charge in [-0.3, -0.25) is 14.7 Å². The Morgan fingerprint density at radius 1 is 1.44 bits per heavy atom. The van der Waals surface area contributed by atoms with Crippen LogP contribution >= 0.6 is 11.5 Å². The number of azo groups is 1. The number of nitro groups is 1. The van der Waals surface area contributed by atoms with Gasteiger partial charge in [-0.05, 0) is 12.1 Å². The maximum Gasteiger partial charge on any atom is 0.397 e. The molecule has 134 valence electrons. The molecule has 0 saturated carbocycles. The topological polar surface area (TPSA) is 160 Å². The van der Waals surface area contributed by atoms with Gasteiger partial charge in [0.05, 0.1) is 11.5 Å². The molecule has 25 heavy (non-hydrogen) atoms. The number of hydrogen-bond donors (Lipinski definition) is 1. The third-order valence-corrected chi connectivity index (χ3v) is 3.86. The van der Waals surface area contributed by atoms with Gasteiger partial charge in [-0.2, -0.15) is 12.8 Å². The zero-order valence-corrected chi connectivity index (χ0v) is 14.3. The Kier molecular flexibility index (Phi) is 6.02. The first-order chi connectivity index (χ1) is 11.8. The minimum absolute atomic E-state index is 0.0338. The lowest BCUT2D eigenvalue weighted by molar-refractivity contribution is -0.384. The van der Waals surface area contributed by atoms with Gasteiger partial charge in [0.25, 0.3) is 5.69 Å². The summed E-state index contributed by atoms with van der Waals surface area (Å²) in [7, 11) is -2.95. The van der Waals surface area contributed by atoms with E-state index < -0.39 is 15.3 Å². The first-order valence-corrected chi connectivity index (χ1v) is 8.70. The van der Waals surface area contributed by atoms with Crippen molar-refractivity contribution in [1.82, 2.24) is 9.36 Å². The molecule has 1 N–H and O–H groups in total. The van der Waals surface area contributed by atoms with Gasteiger partial charge in [0.2, 0.25) is 5.13 Å². The molecular weight excluding hydrogens is 376 g/mol. The number of hydrogen-bond acceptors (Lipinski definition) is 11. The van der Waals surface area contributed by atoms with Crippen molar-refractivity contribution in [1.29, 1.82) is 0 Å². The van der Waals surface area contributed by atoms with Crippen molar-refractivity contribution in [2.45, 2.75) is 0 Å². The molecule has 0 spiro atoms. The molecule has 0 saturated heterocycles. The summed E-state index contributed by atoms with van der Waals surface area (Å²) in [6.07, 6.45) is 1.29. The van der Waals surface area contributed by atoms with Crippen LogP contribution in [0.25, 0.3) is 0 Å². The first-order valence-electron chi connectivity index (χ1n) is 6.56. The molecule has 1 aromatic carbocycles. The smallest absolute Gasteiger partial charge is 0.372 e. The third-order valence-electron chi connectivity index (χ3n) is 2.85. The molecular formula is C11H12N6O6S2. The van der Waals surface area contributed by atoms with Gasteiger partial charge in [-0.25, -0.2) is 9.17 Å². The fourth-order valence-corrected chi connectivity index (χ4v) is 2.34. The van der Waals surface area contributed by atoms with Crippen LogP contribution in [-0.4, -0.2) is 47.5 Å². The van der Waals surface area contributed by atoms with E-state index in [9.17, 15) is 18.5 Å². The van der Waals surface area contributed by atoms with Crippen LogP contribution < -0.4 is 4.90 Å². The third kappa shape index (κ3) is 5.79. The molecule has 0 aliphatic rings. The van der Waals surface area contributed by atoms with E-state index in [-0.39, 0.29) is 29.7 Å². The second-order valence-electron chi connectivity index (χ2n) is 4.53. The molecule has 0 atom stereocenters. The molecule has 0 amide bonds. The quantitative estimate of drug-likeness (QED) is 0.309. The van der Waals surface area contributed by atoms with Crippen LogP contribution in [0.3, 0.4) is 0 Å². The van der Waals surface area contributed by atoms with Crippen LogP contribution in [0.4, 0.5) is 22.2 Å². The molecule has 0 aliphatic heterocycles. The van der Waals surface area contributed by atoms with E-state index in [1.165, 1.54) is 23.4 Å². The minimum Gasteiger partial charge on any atom is -0.372 e. The van der Waals surface area contributed by atoms with Gasteiger partial charge in [-0.15, -0.1) is 10.2 Å².